The molecule has 0 spiro atoms. The van der Waals surface area contributed by atoms with Gasteiger partial charge in [0.05, 0.1) is 28.9 Å². The average molecular weight is 551 g/mol. The molecule has 1 heterocycles. The zero-order chi connectivity index (χ0) is 29.2. The molecule has 0 bridgehead atoms. The number of hydrogen-bond donors (Lipinski definition) is 5. The fourth-order valence-corrected chi connectivity index (χ4v) is 3.85. The standard InChI is InChI=1S/C21H21NO7.C8H9NO2/c1-2-28-21(27)15-4-3-5-16(23)18(15)19(25)14-7-6-12(10-17(14)24)20(26)29-13-8-9-22-11-13;1-9-8(11)6-2-4-7(10)5-3-6/h3-7,10,13,22-24H,2,8-9,11H2,1H3;2-5,10H,1H3,(H,9,11). The fraction of sp³-hybridized carbons (Fsp3) is 0.241. The lowest BCUT2D eigenvalue weighted by Crippen LogP contribution is -2.21. The number of amides is 1. The predicted octanol–water partition coefficient (Wildman–Crippen LogP) is 2.78. The van der Waals surface area contributed by atoms with Crippen molar-refractivity contribution in [2.24, 2.45) is 0 Å². The first-order valence-electron chi connectivity index (χ1n) is 12.5. The number of hydrogen-bond acceptors (Lipinski definition) is 10. The smallest absolute Gasteiger partial charge is 0.339 e. The maximum absolute atomic E-state index is 12.9. The van der Waals surface area contributed by atoms with E-state index < -0.39 is 29.2 Å². The van der Waals surface area contributed by atoms with Gasteiger partial charge < -0.3 is 35.4 Å². The van der Waals surface area contributed by atoms with Crippen LogP contribution in [0.15, 0.2) is 60.7 Å². The minimum atomic E-state index is -0.774. The summed E-state index contributed by atoms with van der Waals surface area (Å²) in [6.45, 7) is 3.05. The monoisotopic (exact) mass is 550 g/mol. The Morgan fingerprint density at radius 3 is 2.20 bits per heavy atom. The number of nitrogens with one attached hydrogen (secondary N) is 2. The summed E-state index contributed by atoms with van der Waals surface area (Å²) in [6.07, 6.45) is 0.470. The van der Waals surface area contributed by atoms with Crippen molar-refractivity contribution in [3.05, 3.63) is 88.5 Å². The zero-order valence-corrected chi connectivity index (χ0v) is 22.0. The molecule has 0 aliphatic carbocycles. The van der Waals surface area contributed by atoms with E-state index in [9.17, 15) is 29.4 Å². The fourth-order valence-electron chi connectivity index (χ4n) is 3.85. The quantitative estimate of drug-likeness (QED) is 0.218. The highest BCUT2D eigenvalue weighted by Crippen LogP contribution is 2.29. The van der Waals surface area contributed by atoms with Crippen LogP contribution in [0.4, 0.5) is 0 Å². The zero-order valence-electron chi connectivity index (χ0n) is 22.0. The van der Waals surface area contributed by atoms with E-state index in [0.717, 1.165) is 12.6 Å². The molecule has 11 heteroatoms. The van der Waals surface area contributed by atoms with Crippen molar-refractivity contribution < 1.29 is 44.0 Å². The summed E-state index contributed by atoms with van der Waals surface area (Å²) in [4.78, 5) is 48.2. The predicted molar refractivity (Wildman–Crippen MR) is 144 cm³/mol. The lowest BCUT2D eigenvalue weighted by molar-refractivity contribution is 0.0343. The molecule has 0 aromatic heterocycles. The number of esters is 2. The lowest BCUT2D eigenvalue weighted by Gasteiger charge is -2.13. The van der Waals surface area contributed by atoms with Crippen LogP contribution >= 0.6 is 0 Å². The van der Waals surface area contributed by atoms with Gasteiger partial charge in [-0.1, -0.05) is 6.07 Å². The van der Waals surface area contributed by atoms with Crippen LogP contribution in [0.1, 0.15) is 60.3 Å². The van der Waals surface area contributed by atoms with Crippen LogP contribution in [-0.4, -0.2) is 71.8 Å². The van der Waals surface area contributed by atoms with E-state index in [4.69, 9.17) is 14.6 Å². The van der Waals surface area contributed by atoms with E-state index >= 15 is 0 Å². The number of carbonyl (C=O) groups is 4. The first kappa shape index (κ1) is 29.7. The Balaban J connectivity index is 0.000000336. The van der Waals surface area contributed by atoms with Crippen LogP contribution in [0.3, 0.4) is 0 Å². The number of phenolic OH excluding ortho intramolecular Hbond substituents is 3. The first-order chi connectivity index (χ1) is 19.2. The molecule has 3 aromatic carbocycles. The highest BCUT2D eigenvalue weighted by molar-refractivity contribution is 6.17. The second-order valence-electron chi connectivity index (χ2n) is 8.63. The van der Waals surface area contributed by atoms with Gasteiger partial charge in [-0.3, -0.25) is 9.59 Å². The Labute approximate surface area is 230 Å². The third-order valence-electron chi connectivity index (χ3n) is 5.89. The maximum Gasteiger partial charge on any atom is 0.339 e. The van der Waals surface area contributed by atoms with Gasteiger partial charge in [-0.15, -0.1) is 0 Å². The molecule has 1 atom stereocenters. The van der Waals surface area contributed by atoms with Crippen molar-refractivity contribution in [3.8, 4) is 17.2 Å². The molecular formula is C29H30N2O9. The molecule has 0 radical (unpaired) electrons. The molecule has 1 aliphatic heterocycles. The van der Waals surface area contributed by atoms with Gasteiger partial charge in [-0.2, -0.15) is 0 Å². The van der Waals surface area contributed by atoms with Crippen molar-refractivity contribution in [1.29, 1.82) is 0 Å². The Morgan fingerprint density at radius 1 is 0.900 bits per heavy atom. The van der Waals surface area contributed by atoms with Crippen molar-refractivity contribution in [3.63, 3.8) is 0 Å². The second kappa shape index (κ2) is 13.8. The topological polar surface area (TPSA) is 171 Å². The van der Waals surface area contributed by atoms with E-state index in [1.165, 1.54) is 42.5 Å². The van der Waals surface area contributed by atoms with E-state index in [-0.39, 0.29) is 46.6 Å². The summed E-state index contributed by atoms with van der Waals surface area (Å²) < 4.78 is 10.3. The van der Waals surface area contributed by atoms with Gasteiger partial charge in [0.1, 0.15) is 23.4 Å². The van der Waals surface area contributed by atoms with Gasteiger partial charge in [-0.05, 0) is 74.5 Å². The van der Waals surface area contributed by atoms with Crippen LogP contribution < -0.4 is 10.6 Å². The molecule has 1 amide bonds. The highest BCUT2D eigenvalue weighted by Gasteiger charge is 2.26. The van der Waals surface area contributed by atoms with Crippen molar-refractivity contribution in [1.82, 2.24) is 10.6 Å². The minimum absolute atomic E-state index is 0.0915. The lowest BCUT2D eigenvalue weighted by atomic mass is 9.96. The van der Waals surface area contributed by atoms with Gasteiger partial charge in [0.15, 0.2) is 0 Å². The first-order valence-corrected chi connectivity index (χ1v) is 12.5. The summed E-state index contributed by atoms with van der Waals surface area (Å²) in [7, 11) is 1.56. The van der Waals surface area contributed by atoms with E-state index in [1.807, 2.05) is 0 Å². The van der Waals surface area contributed by atoms with Crippen LogP contribution in [-0.2, 0) is 9.47 Å². The Bertz CT molecular complexity index is 1380. The largest absolute Gasteiger partial charge is 0.508 e. The molecule has 1 unspecified atom stereocenters. The number of aromatic hydroxyl groups is 3. The molecule has 1 aliphatic rings. The van der Waals surface area contributed by atoms with Crippen molar-refractivity contribution in [2.75, 3.05) is 26.7 Å². The molecular weight excluding hydrogens is 520 g/mol. The summed E-state index contributed by atoms with van der Waals surface area (Å²) in [6, 6.07) is 13.8. The third kappa shape index (κ3) is 7.35. The molecule has 11 nitrogen and oxygen atoms in total. The molecule has 0 saturated carbocycles. The van der Waals surface area contributed by atoms with E-state index in [2.05, 4.69) is 10.6 Å². The van der Waals surface area contributed by atoms with Gasteiger partial charge in [-0.25, -0.2) is 9.59 Å². The van der Waals surface area contributed by atoms with Crippen LogP contribution in [0.5, 0.6) is 17.2 Å². The summed E-state index contributed by atoms with van der Waals surface area (Å²) in [5, 5.41) is 34.9. The van der Waals surface area contributed by atoms with Crippen molar-refractivity contribution >= 4 is 23.6 Å². The molecule has 4 rings (SSSR count). The maximum atomic E-state index is 12.9. The van der Waals surface area contributed by atoms with Crippen LogP contribution in [0, 0.1) is 0 Å². The molecule has 1 fully saturated rings. The number of benzene rings is 3. The van der Waals surface area contributed by atoms with Crippen LogP contribution in [0.25, 0.3) is 0 Å². The molecule has 40 heavy (non-hydrogen) atoms. The number of ether oxygens (including phenoxy) is 2. The molecule has 1 saturated heterocycles. The van der Waals surface area contributed by atoms with Crippen molar-refractivity contribution in [2.45, 2.75) is 19.4 Å². The summed E-state index contributed by atoms with van der Waals surface area (Å²) >= 11 is 0. The van der Waals surface area contributed by atoms with Gasteiger partial charge >= 0.3 is 11.9 Å². The molecule has 5 N–H and O–H groups in total. The minimum Gasteiger partial charge on any atom is -0.508 e. The summed E-state index contributed by atoms with van der Waals surface area (Å²) in [5.74, 6) is -3.02. The Morgan fingerprint density at radius 2 is 1.60 bits per heavy atom. The highest BCUT2D eigenvalue weighted by atomic mass is 16.5. The Hall–Kier alpha value is -4.90. The number of ketones is 1. The SMILES string of the molecule is CCOC(=O)c1cccc(O)c1C(=O)c1ccc(C(=O)OC2CCNC2)cc1O.CNC(=O)c1ccc(O)cc1. The summed E-state index contributed by atoms with van der Waals surface area (Å²) in [5.41, 5.74) is 0.0670. The van der Waals surface area contributed by atoms with Gasteiger partial charge in [0.2, 0.25) is 5.78 Å². The van der Waals surface area contributed by atoms with Crippen LogP contribution in [0.2, 0.25) is 0 Å². The molecule has 210 valence electrons. The van der Waals surface area contributed by atoms with E-state index in [0.29, 0.717) is 18.5 Å². The van der Waals surface area contributed by atoms with Gasteiger partial charge in [0.25, 0.3) is 5.91 Å². The third-order valence-corrected chi connectivity index (χ3v) is 5.89. The molecule has 3 aromatic rings. The number of rotatable bonds is 7. The normalized spacial score (nSPS) is 13.9. The van der Waals surface area contributed by atoms with Gasteiger partial charge in [0, 0.05) is 19.2 Å². The number of carbonyl (C=O) groups excluding carboxylic acids is 4. The van der Waals surface area contributed by atoms with E-state index in [1.54, 1.807) is 26.1 Å². The number of phenols is 3. The second-order valence-corrected chi connectivity index (χ2v) is 8.63. The Kier molecular flexibility index (Phi) is 10.2. The average Bonchev–Trinajstić information content (AvgIpc) is 3.46.